The van der Waals surface area contributed by atoms with Crippen molar-refractivity contribution in [3.8, 4) is 0 Å². The Morgan fingerprint density at radius 3 is 2.47 bits per heavy atom. The first-order valence-corrected chi connectivity index (χ1v) is 7.82. The number of carbonyl (C=O) groups is 1. The van der Waals surface area contributed by atoms with Crippen LogP contribution < -0.4 is 5.73 Å². The molecule has 0 radical (unpaired) electrons. The van der Waals surface area contributed by atoms with Gasteiger partial charge in [-0.25, -0.2) is 0 Å². The third-order valence-electron chi connectivity index (χ3n) is 4.20. The van der Waals surface area contributed by atoms with E-state index in [-0.39, 0.29) is 5.91 Å². The quantitative estimate of drug-likeness (QED) is 0.763. The summed E-state index contributed by atoms with van der Waals surface area (Å²) in [4.78, 5) is 16.6. The average molecular weight is 269 g/mol. The molecule has 2 atom stereocenters. The van der Waals surface area contributed by atoms with Crippen molar-refractivity contribution in [2.24, 2.45) is 17.6 Å². The normalized spacial score (nSPS) is 24.4. The Kier molecular flexibility index (Phi) is 7.39. The van der Waals surface area contributed by atoms with E-state index in [9.17, 15) is 4.79 Å². The molecule has 4 heteroatoms. The van der Waals surface area contributed by atoms with Gasteiger partial charge in [-0.05, 0) is 44.2 Å². The lowest BCUT2D eigenvalue weighted by Crippen LogP contribution is -2.47. The van der Waals surface area contributed by atoms with E-state index in [0.29, 0.717) is 18.4 Å². The van der Waals surface area contributed by atoms with Crippen molar-refractivity contribution in [1.29, 1.82) is 0 Å². The Bertz CT molecular complexity index is 264. The lowest BCUT2D eigenvalue weighted by Gasteiger charge is -2.37. The van der Waals surface area contributed by atoms with Crippen LogP contribution in [0.5, 0.6) is 0 Å². The minimum atomic E-state index is 0.286. The molecule has 0 aromatic rings. The van der Waals surface area contributed by atoms with Crippen LogP contribution in [0.1, 0.15) is 40.0 Å². The standard InChI is InChI=1S/C15H31N3O/c1-4-7-18(8-5-2)15(19)12-17-9-6-13(3)14(10-16)11-17/h13-14H,4-12,16H2,1-3H3. The van der Waals surface area contributed by atoms with E-state index in [1.54, 1.807) is 0 Å². The predicted octanol–water partition coefficient (Wildman–Crippen LogP) is 1.55. The molecule has 1 rings (SSSR count). The number of piperidine rings is 1. The van der Waals surface area contributed by atoms with Crippen LogP contribution in [-0.2, 0) is 4.79 Å². The maximum atomic E-state index is 12.3. The molecule has 1 heterocycles. The summed E-state index contributed by atoms with van der Waals surface area (Å²) in [7, 11) is 0. The van der Waals surface area contributed by atoms with Gasteiger partial charge in [0.15, 0.2) is 0 Å². The van der Waals surface area contributed by atoms with Gasteiger partial charge in [0.1, 0.15) is 0 Å². The molecule has 2 N–H and O–H groups in total. The van der Waals surface area contributed by atoms with E-state index in [1.807, 2.05) is 4.90 Å². The van der Waals surface area contributed by atoms with Crippen LogP contribution in [0.2, 0.25) is 0 Å². The van der Waals surface area contributed by atoms with Crippen LogP contribution >= 0.6 is 0 Å². The summed E-state index contributed by atoms with van der Waals surface area (Å²) in [6.07, 6.45) is 3.24. The van der Waals surface area contributed by atoms with E-state index in [0.717, 1.165) is 52.0 Å². The predicted molar refractivity (Wildman–Crippen MR) is 79.9 cm³/mol. The first-order chi connectivity index (χ1) is 9.12. The molecule has 4 nitrogen and oxygen atoms in total. The van der Waals surface area contributed by atoms with E-state index in [1.165, 1.54) is 0 Å². The van der Waals surface area contributed by atoms with Gasteiger partial charge in [0.05, 0.1) is 6.54 Å². The summed E-state index contributed by atoms with van der Waals surface area (Å²) < 4.78 is 0. The second kappa shape index (κ2) is 8.54. The van der Waals surface area contributed by atoms with Gasteiger partial charge in [-0.1, -0.05) is 20.8 Å². The van der Waals surface area contributed by atoms with Crippen LogP contribution in [-0.4, -0.2) is 55.0 Å². The third kappa shape index (κ3) is 5.11. The highest BCUT2D eigenvalue weighted by molar-refractivity contribution is 5.78. The molecule has 1 aliphatic heterocycles. The van der Waals surface area contributed by atoms with Crippen molar-refractivity contribution in [3.63, 3.8) is 0 Å². The molecular weight excluding hydrogens is 238 g/mol. The van der Waals surface area contributed by atoms with E-state index in [2.05, 4.69) is 25.7 Å². The fraction of sp³-hybridized carbons (Fsp3) is 0.933. The minimum Gasteiger partial charge on any atom is -0.342 e. The van der Waals surface area contributed by atoms with E-state index < -0.39 is 0 Å². The molecule has 0 aliphatic carbocycles. The van der Waals surface area contributed by atoms with Gasteiger partial charge in [-0.15, -0.1) is 0 Å². The second-order valence-electron chi connectivity index (χ2n) is 5.88. The first kappa shape index (κ1) is 16.4. The van der Waals surface area contributed by atoms with Crippen molar-refractivity contribution in [2.75, 3.05) is 39.3 Å². The molecule has 0 aromatic carbocycles. The summed E-state index contributed by atoms with van der Waals surface area (Å²) >= 11 is 0. The Morgan fingerprint density at radius 1 is 1.32 bits per heavy atom. The molecule has 0 spiro atoms. The molecule has 1 amide bonds. The van der Waals surface area contributed by atoms with E-state index in [4.69, 9.17) is 5.73 Å². The van der Waals surface area contributed by atoms with Crippen molar-refractivity contribution >= 4 is 5.91 Å². The van der Waals surface area contributed by atoms with Crippen LogP contribution in [0.15, 0.2) is 0 Å². The summed E-state index contributed by atoms with van der Waals surface area (Å²) in [5.74, 6) is 1.53. The van der Waals surface area contributed by atoms with E-state index >= 15 is 0 Å². The molecule has 0 bridgehead atoms. The Hall–Kier alpha value is -0.610. The summed E-state index contributed by atoms with van der Waals surface area (Å²) in [5, 5.41) is 0. The third-order valence-corrected chi connectivity index (χ3v) is 4.20. The summed E-state index contributed by atoms with van der Waals surface area (Å²) in [6.45, 7) is 11.6. The Labute approximate surface area is 118 Å². The van der Waals surface area contributed by atoms with Gasteiger partial charge < -0.3 is 10.6 Å². The summed E-state index contributed by atoms with van der Waals surface area (Å²) in [6, 6.07) is 0. The number of likely N-dealkylation sites (tertiary alicyclic amines) is 1. The number of nitrogens with zero attached hydrogens (tertiary/aromatic N) is 2. The number of rotatable bonds is 7. The molecule has 2 unspecified atom stereocenters. The topological polar surface area (TPSA) is 49.6 Å². The van der Waals surface area contributed by atoms with Crippen LogP contribution in [0.4, 0.5) is 0 Å². The first-order valence-electron chi connectivity index (χ1n) is 7.82. The van der Waals surface area contributed by atoms with Gasteiger partial charge in [0.25, 0.3) is 0 Å². The fourth-order valence-electron chi connectivity index (χ4n) is 2.87. The highest BCUT2D eigenvalue weighted by Crippen LogP contribution is 2.22. The molecule has 19 heavy (non-hydrogen) atoms. The highest BCUT2D eigenvalue weighted by atomic mass is 16.2. The van der Waals surface area contributed by atoms with Crippen LogP contribution in [0.25, 0.3) is 0 Å². The largest absolute Gasteiger partial charge is 0.342 e. The molecule has 1 saturated heterocycles. The van der Waals surface area contributed by atoms with Crippen molar-refractivity contribution < 1.29 is 4.79 Å². The molecule has 112 valence electrons. The number of nitrogens with two attached hydrogens (primary N) is 1. The SMILES string of the molecule is CCCN(CCC)C(=O)CN1CCC(C)C(CN)C1. The van der Waals surface area contributed by atoms with Gasteiger partial charge in [-0.3, -0.25) is 9.69 Å². The Balaban J connectivity index is 2.46. The molecule has 0 aromatic heterocycles. The van der Waals surface area contributed by atoms with Crippen LogP contribution in [0, 0.1) is 11.8 Å². The second-order valence-corrected chi connectivity index (χ2v) is 5.88. The Morgan fingerprint density at radius 2 is 1.95 bits per heavy atom. The lowest BCUT2D eigenvalue weighted by atomic mass is 9.87. The van der Waals surface area contributed by atoms with Crippen molar-refractivity contribution in [2.45, 2.75) is 40.0 Å². The molecule has 0 saturated carbocycles. The number of amides is 1. The van der Waals surface area contributed by atoms with Crippen molar-refractivity contribution in [1.82, 2.24) is 9.80 Å². The smallest absolute Gasteiger partial charge is 0.236 e. The van der Waals surface area contributed by atoms with Gasteiger partial charge in [0, 0.05) is 19.6 Å². The van der Waals surface area contributed by atoms with Gasteiger partial charge >= 0.3 is 0 Å². The minimum absolute atomic E-state index is 0.286. The maximum absolute atomic E-state index is 12.3. The summed E-state index contributed by atoms with van der Waals surface area (Å²) in [5.41, 5.74) is 5.82. The molecular formula is C15H31N3O. The van der Waals surface area contributed by atoms with Crippen LogP contribution in [0.3, 0.4) is 0 Å². The number of carbonyl (C=O) groups excluding carboxylic acids is 1. The highest BCUT2D eigenvalue weighted by Gasteiger charge is 2.27. The fourth-order valence-corrected chi connectivity index (χ4v) is 2.87. The van der Waals surface area contributed by atoms with Crippen molar-refractivity contribution in [3.05, 3.63) is 0 Å². The lowest BCUT2D eigenvalue weighted by molar-refractivity contribution is -0.133. The number of hydrogen-bond donors (Lipinski definition) is 1. The molecule has 1 aliphatic rings. The number of hydrogen-bond acceptors (Lipinski definition) is 3. The zero-order valence-corrected chi connectivity index (χ0v) is 12.9. The zero-order valence-electron chi connectivity index (χ0n) is 12.9. The van der Waals surface area contributed by atoms with Gasteiger partial charge in [-0.2, -0.15) is 0 Å². The monoisotopic (exact) mass is 269 g/mol. The zero-order chi connectivity index (χ0) is 14.3. The maximum Gasteiger partial charge on any atom is 0.236 e. The molecule has 1 fully saturated rings. The van der Waals surface area contributed by atoms with Gasteiger partial charge in [0.2, 0.25) is 5.91 Å². The average Bonchev–Trinajstić information content (AvgIpc) is 2.40.